The van der Waals surface area contributed by atoms with Crippen LogP contribution >= 0.6 is 0 Å². The van der Waals surface area contributed by atoms with Crippen LogP contribution < -0.4 is 4.74 Å². The van der Waals surface area contributed by atoms with E-state index in [0.717, 1.165) is 38.0 Å². The summed E-state index contributed by atoms with van der Waals surface area (Å²) in [6.45, 7) is 2.82. The van der Waals surface area contributed by atoms with E-state index in [1.807, 2.05) is 0 Å². The molecule has 1 fully saturated rings. The van der Waals surface area contributed by atoms with Crippen LogP contribution in [0.1, 0.15) is 18.4 Å². The van der Waals surface area contributed by atoms with Crippen LogP contribution in [-0.4, -0.2) is 42.6 Å². The Morgan fingerprint density at radius 2 is 2.14 bits per heavy atom. The maximum Gasteiger partial charge on any atom is 0.573 e. The van der Waals surface area contributed by atoms with E-state index in [1.165, 1.54) is 12.1 Å². The van der Waals surface area contributed by atoms with E-state index in [1.54, 1.807) is 12.1 Å². The van der Waals surface area contributed by atoms with E-state index in [4.69, 9.17) is 0 Å². The quantitative estimate of drug-likeness (QED) is 0.908. The van der Waals surface area contributed by atoms with Gasteiger partial charge in [-0.25, -0.2) is 0 Å². The summed E-state index contributed by atoms with van der Waals surface area (Å²) in [6.07, 6.45) is -1.88. The third kappa shape index (κ3) is 5.55. The van der Waals surface area contributed by atoms with Crippen molar-refractivity contribution in [1.29, 1.82) is 0 Å². The second-order valence-corrected chi connectivity index (χ2v) is 5.44. The van der Waals surface area contributed by atoms with Gasteiger partial charge >= 0.3 is 6.36 Å². The summed E-state index contributed by atoms with van der Waals surface area (Å²) >= 11 is 0. The van der Waals surface area contributed by atoms with Gasteiger partial charge in [-0.1, -0.05) is 12.1 Å². The largest absolute Gasteiger partial charge is 0.573 e. The second-order valence-electron chi connectivity index (χ2n) is 5.44. The molecule has 1 aromatic rings. The molecule has 0 aromatic heterocycles. The fraction of sp³-hybridized carbons (Fsp3) is 0.600. The lowest BCUT2D eigenvalue weighted by atomic mass is 9.98. The molecule has 1 aliphatic rings. The van der Waals surface area contributed by atoms with Crippen molar-refractivity contribution in [3.63, 3.8) is 0 Å². The van der Waals surface area contributed by atoms with E-state index in [2.05, 4.69) is 9.64 Å². The SMILES string of the molecule is OCC1CCCN(CCc2cccc(OC(F)(F)F)c2)C1. The fourth-order valence-electron chi connectivity index (χ4n) is 2.69. The predicted octanol–water partition coefficient (Wildman–Crippen LogP) is 2.83. The van der Waals surface area contributed by atoms with Gasteiger partial charge in [-0.2, -0.15) is 0 Å². The van der Waals surface area contributed by atoms with Crippen molar-refractivity contribution in [2.75, 3.05) is 26.2 Å². The average molecular weight is 303 g/mol. The van der Waals surface area contributed by atoms with Gasteiger partial charge in [-0.15, -0.1) is 13.2 Å². The molecule has 1 aliphatic heterocycles. The zero-order valence-corrected chi connectivity index (χ0v) is 11.8. The Balaban J connectivity index is 1.87. The lowest BCUT2D eigenvalue weighted by Crippen LogP contribution is -2.37. The summed E-state index contributed by atoms with van der Waals surface area (Å²) in [7, 11) is 0. The minimum Gasteiger partial charge on any atom is -0.406 e. The number of alkyl halides is 3. The number of aliphatic hydroxyl groups is 1. The molecule has 21 heavy (non-hydrogen) atoms. The topological polar surface area (TPSA) is 32.7 Å². The van der Waals surface area contributed by atoms with Gasteiger partial charge in [0.15, 0.2) is 0 Å². The molecular formula is C15H20F3NO2. The molecule has 0 spiro atoms. The fourth-order valence-corrected chi connectivity index (χ4v) is 2.69. The molecule has 3 nitrogen and oxygen atoms in total. The summed E-state index contributed by atoms with van der Waals surface area (Å²) in [5, 5.41) is 9.19. The van der Waals surface area contributed by atoms with E-state index in [9.17, 15) is 18.3 Å². The highest BCUT2D eigenvalue weighted by atomic mass is 19.4. The Hall–Kier alpha value is -1.27. The molecule has 0 aliphatic carbocycles. The van der Waals surface area contributed by atoms with E-state index < -0.39 is 6.36 Å². The van der Waals surface area contributed by atoms with Crippen molar-refractivity contribution in [2.45, 2.75) is 25.6 Å². The first-order chi connectivity index (χ1) is 9.96. The number of likely N-dealkylation sites (tertiary alicyclic amines) is 1. The zero-order valence-electron chi connectivity index (χ0n) is 11.8. The van der Waals surface area contributed by atoms with Gasteiger partial charge < -0.3 is 14.7 Å². The van der Waals surface area contributed by atoms with E-state index >= 15 is 0 Å². The zero-order chi connectivity index (χ0) is 15.3. The number of nitrogens with zero attached hydrogens (tertiary/aromatic N) is 1. The normalized spacial score (nSPS) is 20.5. The molecule has 0 amide bonds. The summed E-state index contributed by atoms with van der Waals surface area (Å²) in [5.74, 6) is 0.144. The second kappa shape index (κ2) is 7.13. The molecule has 2 rings (SSSR count). The van der Waals surface area contributed by atoms with E-state index in [0.29, 0.717) is 12.3 Å². The standard InChI is InChI=1S/C15H20F3NO2/c16-15(17,18)21-14-5-1-3-12(9-14)6-8-19-7-2-4-13(10-19)11-20/h1,3,5,9,13,20H,2,4,6-8,10-11H2. The highest BCUT2D eigenvalue weighted by Crippen LogP contribution is 2.24. The van der Waals surface area contributed by atoms with Crippen LogP contribution in [0.2, 0.25) is 0 Å². The first-order valence-electron chi connectivity index (χ1n) is 7.14. The highest BCUT2D eigenvalue weighted by molar-refractivity contribution is 5.28. The van der Waals surface area contributed by atoms with Crippen LogP contribution in [0.15, 0.2) is 24.3 Å². The molecule has 1 atom stereocenters. The molecule has 1 heterocycles. The van der Waals surface area contributed by atoms with Gasteiger partial charge in [0.2, 0.25) is 0 Å². The van der Waals surface area contributed by atoms with Crippen LogP contribution in [0.3, 0.4) is 0 Å². The molecule has 0 bridgehead atoms. The number of benzene rings is 1. The Morgan fingerprint density at radius 1 is 1.33 bits per heavy atom. The number of rotatable bonds is 5. The summed E-state index contributed by atoms with van der Waals surface area (Å²) in [6, 6.07) is 6.11. The summed E-state index contributed by atoms with van der Waals surface area (Å²) in [4.78, 5) is 2.25. The van der Waals surface area contributed by atoms with Gasteiger partial charge in [0.1, 0.15) is 5.75 Å². The number of halogens is 3. The average Bonchev–Trinajstić information content (AvgIpc) is 2.44. The Bertz CT molecular complexity index is 451. The number of hydrogen-bond donors (Lipinski definition) is 1. The Kier molecular flexibility index (Phi) is 5.47. The number of hydrogen-bond acceptors (Lipinski definition) is 3. The molecule has 0 radical (unpaired) electrons. The molecular weight excluding hydrogens is 283 g/mol. The number of piperidine rings is 1. The first-order valence-corrected chi connectivity index (χ1v) is 7.14. The number of aliphatic hydroxyl groups excluding tert-OH is 1. The minimum absolute atomic E-state index is 0.174. The van der Waals surface area contributed by atoms with Crippen LogP contribution in [0.4, 0.5) is 13.2 Å². The minimum atomic E-state index is -4.65. The van der Waals surface area contributed by atoms with Crippen molar-refractivity contribution in [2.24, 2.45) is 5.92 Å². The van der Waals surface area contributed by atoms with Gasteiger partial charge in [-0.05, 0) is 49.4 Å². The molecule has 0 saturated carbocycles. The Labute approximate surface area is 122 Å². The number of ether oxygens (including phenoxy) is 1. The maximum atomic E-state index is 12.2. The van der Waals surface area contributed by atoms with Crippen LogP contribution in [0, 0.1) is 5.92 Å². The maximum absolute atomic E-state index is 12.2. The van der Waals surface area contributed by atoms with Gasteiger partial charge in [-0.3, -0.25) is 0 Å². The van der Waals surface area contributed by atoms with Crippen molar-refractivity contribution < 1.29 is 23.0 Å². The monoisotopic (exact) mass is 303 g/mol. The van der Waals surface area contributed by atoms with Crippen molar-refractivity contribution >= 4 is 0 Å². The Morgan fingerprint density at radius 3 is 2.86 bits per heavy atom. The van der Waals surface area contributed by atoms with E-state index in [-0.39, 0.29) is 12.4 Å². The van der Waals surface area contributed by atoms with Crippen molar-refractivity contribution in [3.8, 4) is 5.75 Å². The van der Waals surface area contributed by atoms with Gasteiger partial charge in [0.25, 0.3) is 0 Å². The van der Waals surface area contributed by atoms with Crippen molar-refractivity contribution in [3.05, 3.63) is 29.8 Å². The predicted molar refractivity (Wildman–Crippen MR) is 73.1 cm³/mol. The molecule has 1 saturated heterocycles. The molecule has 1 aromatic carbocycles. The van der Waals surface area contributed by atoms with Gasteiger partial charge in [0.05, 0.1) is 0 Å². The van der Waals surface area contributed by atoms with Crippen LogP contribution in [0.5, 0.6) is 5.75 Å². The third-order valence-electron chi connectivity index (χ3n) is 3.71. The smallest absolute Gasteiger partial charge is 0.406 e. The lowest BCUT2D eigenvalue weighted by molar-refractivity contribution is -0.274. The van der Waals surface area contributed by atoms with Crippen LogP contribution in [0.25, 0.3) is 0 Å². The van der Waals surface area contributed by atoms with Crippen LogP contribution in [-0.2, 0) is 6.42 Å². The third-order valence-corrected chi connectivity index (χ3v) is 3.71. The summed E-state index contributed by atoms with van der Waals surface area (Å²) in [5.41, 5.74) is 0.822. The van der Waals surface area contributed by atoms with Crippen molar-refractivity contribution in [1.82, 2.24) is 4.90 Å². The first kappa shape index (κ1) is 16.1. The molecule has 1 N–H and O–H groups in total. The van der Waals surface area contributed by atoms with Gasteiger partial charge in [0, 0.05) is 19.7 Å². The molecule has 6 heteroatoms. The lowest BCUT2D eigenvalue weighted by Gasteiger charge is -2.31. The highest BCUT2D eigenvalue weighted by Gasteiger charge is 2.31. The molecule has 1 unspecified atom stereocenters. The summed E-state index contributed by atoms with van der Waals surface area (Å²) < 4.78 is 40.5. The molecule has 118 valence electrons.